The van der Waals surface area contributed by atoms with Crippen molar-refractivity contribution < 1.29 is 39.9 Å². The molecule has 3 aromatic heterocycles. The van der Waals surface area contributed by atoms with Crippen LogP contribution in [-0.4, -0.2) is 37.0 Å². The second-order valence-electron chi connectivity index (χ2n) is 8.65. The van der Waals surface area contributed by atoms with Gasteiger partial charge in [-0.05, 0) is 19.1 Å². The van der Waals surface area contributed by atoms with Crippen LogP contribution in [0.2, 0.25) is 0 Å². The third-order valence-corrected chi connectivity index (χ3v) is 5.71. The number of alkyl halides is 6. The Bertz CT molecular complexity index is 1650. The van der Waals surface area contributed by atoms with Crippen LogP contribution in [0.25, 0.3) is 22.2 Å². The summed E-state index contributed by atoms with van der Waals surface area (Å²) in [5.41, 5.74) is -5.08. The molecule has 8 nitrogen and oxygen atoms in total. The first-order chi connectivity index (χ1) is 18.8. The molecule has 0 radical (unpaired) electrons. The number of aromatic nitrogens is 5. The van der Waals surface area contributed by atoms with Gasteiger partial charge in [0.05, 0.1) is 35.4 Å². The van der Waals surface area contributed by atoms with Crippen LogP contribution in [0.1, 0.15) is 30.9 Å². The topological polar surface area (TPSA) is 103 Å². The molecule has 0 aliphatic heterocycles. The molecule has 0 saturated carbocycles. The normalized spacial score (nSPS) is 13.6. The smallest absolute Gasteiger partial charge is 0.425 e. The maximum atomic E-state index is 14.9. The average Bonchev–Trinajstić information content (AvgIpc) is 2.86. The molecule has 16 heteroatoms. The van der Waals surface area contributed by atoms with Crippen molar-refractivity contribution in [2.24, 2.45) is 0 Å². The van der Waals surface area contributed by atoms with Crippen molar-refractivity contribution in [1.29, 1.82) is 0 Å². The van der Waals surface area contributed by atoms with Crippen molar-refractivity contribution in [2.45, 2.75) is 44.8 Å². The van der Waals surface area contributed by atoms with E-state index < -0.39 is 82.9 Å². The standard InChI is InChI=1S/C24H17F8N5O3/c1-10(40-18-7-35-36-22(38)19(18)24(30,31)32)2-12(25)8-37-9-17(27)13-3-15(16(26)4-14(13)23(37)39)21-33-5-11(6-34-21)20(28)29/h3-7,9-10,12,20H,2,8H2,1H3,(H,36,38)/t10-,12-/m1/s1. The molecule has 1 N–H and O–H groups in total. The van der Waals surface area contributed by atoms with E-state index in [1.54, 1.807) is 5.10 Å². The van der Waals surface area contributed by atoms with Gasteiger partial charge in [-0.25, -0.2) is 37.0 Å². The van der Waals surface area contributed by atoms with E-state index in [0.29, 0.717) is 23.0 Å². The summed E-state index contributed by atoms with van der Waals surface area (Å²) in [5, 5.41) is 4.03. The quantitative estimate of drug-likeness (QED) is 0.298. The Balaban J connectivity index is 1.55. The molecule has 4 rings (SSSR count). The molecule has 3 heterocycles. The van der Waals surface area contributed by atoms with Crippen LogP contribution < -0.4 is 15.9 Å². The first-order valence-electron chi connectivity index (χ1n) is 11.3. The fourth-order valence-electron chi connectivity index (χ4n) is 3.92. The Kier molecular flexibility index (Phi) is 7.88. The summed E-state index contributed by atoms with van der Waals surface area (Å²) in [6.45, 7) is 0.450. The van der Waals surface area contributed by atoms with Crippen molar-refractivity contribution in [3.05, 3.63) is 80.4 Å². The molecule has 1 aromatic carbocycles. The van der Waals surface area contributed by atoms with E-state index in [9.17, 15) is 44.7 Å². The fraction of sp³-hybridized carbons (Fsp3) is 0.292. The van der Waals surface area contributed by atoms with Gasteiger partial charge in [-0.15, -0.1) is 0 Å². The van der Waals surface area contributed by atoms with Crippen LogP contribution in [0.4, 0.5) is 35.1 Å². The van der Waals surface area contributed by atoms with Crippen molar-refractivity contribution in [3.8, 4) is 17.1 Å². The van der Waals surface area contributed by atoms with Crippen molar-refractivity contribution in [1.82, 2.24) is 24.7 Å². The second kappa shape index (κ2) is 11.0. The van der Waals surface area contributed by atoms with E-state index in [1.807, 2.05) is 0 Å². The van der Waals surface area contributed by atoms with Crippen LogP contribution in [0.15, 0.2) is 46.5 Å². The highest BCUT2D eigenvalue weighted by atomic mass is 19.4. The molecule has 4 aromatic rings. The summed E-state index contributed by atoms with van der Waals surface area (Å²) in [4.78, 5) is 31.7. The van der Waals surface area contributed by atoms with Crippen LogP contribution in [0.5, 0.6) is 5.75 Å². The largest absolute Gasteiger partial charge is 0.488 e. The predicted molar refractivity (Wildman–Crippen MR) is 124 cm³/mol. The number of nitrogens with one attached hydrogen (secondary N) is 1. The molecule has 0 aliphatic rings. The van der Waals surface area contributed by atoms with Crippen LogP contribution >= 0.6 is 0 Å². The molecule has 212 valence electrons. The molecule has 0 spiro atoms. The third-order valence-electron chi connectivity index (χ3n) is 5.71. The molecule has 0 bridgehead atoms. The number of hydrogen-bond donors (Lipinski definition) is 1. The highest BCUT2D eigenvalue weighted by Crippen LogP contribution is 2.33. The molecular formula is C24H17F8N5O3. The molecule has 0 amide bonds. The van der Waals surface area contributed by atoms with Gasteiger partial charge in [0.1, 0.15) is 17.8 Å². The van der Waals surface area contributed by atoms with Crippen LogP contribution in [0.3, 0.4) is 0 Å². The number of hydrogen-bond acceptors (Lipinski definition) is 6. The van der Waals surface area contributed by atoms with Crippen molar-refractivity contribution in [2.75, 3.05) is 0 Å². The molecule has 40 heavy (non-hydrogen) atoms. The highest BCUT2D eigenvalue weighted by Gasteiger charge is 2.38. The number of pyridine rings is 1. The first-order valence-corrected chi connectivity index (χ1v) is 11.3. The second-order valence-corrected chi connectivity index (χ2v) is 8.65. The van der Waals surface area contributed by atoms with E-state index in [-0.39, 0.29) is 16.8 Å². The lowest BCUT2D eigenvalue weighted by Gasteiger charge is -2.19. The summed E-state index contributed by atoms with van der Waals surface area (Å²) in [5.74, 6) is -3.39. The number of aromatic amines is 1. The summed E-state index contributed by atoms with van der Waals surface area (Å²) in [6, 6.07) is 1.59. The Morgan fingerprint density at radius 2 is 1.68 bits per heavy atom. The number of ether oxygens (including phenoxy) is 1. The van der Waals surface area contributed by atoms with E-state index in [0.717, 1.165) is 18.5 Å². The van der Waals surface area contributed by atoms with Gasteiger partial charge in [0.2, 0.25) is 0 Å². The Morgan fingerprint density at radius 3 is 2.30 bits per heavy atom. The predicted octanol–water partition coefficient (Wildman–Crippen LogP) is 4.97. The van der Waals surface area contributed by atoms with Gasteiger partial charge in [-0.2, -0.15) is 18.3 Å². The Morgan fingerprint density at radius 1 is 1.00 bits per heavy atom. The summed E-state index contributed by atoms with van der Waals surface area (Å²) < 4.78 is 115. The van der Waals surface area contributed by atoms with E-state index in [1.165, 1.54) is 6.92 Å². The Hall–Kier alpha value is -4.37. The van der Waals surface area contributed by atoms with Crippen molar-refractivity contribution >= 4 is 10.8 Å². The minimum absolute atomic E-state index is 0.338. The SMILES string of the molecule is C[C@H](C[C@@H](F)Cn1cc(F)c2cc(-c3ncc(C(F)F)cn3)c(F)cc2c1=O)Oc1cn[nH]c(=O)c1C(F)(F)F. The van der Waals surface area contributed by atoms with E-state index in [4.69, 9.17) is 4.74 Å². The molecule has 0 fully saturated rings. The molecule has 2 atom stereocenters. The monoisotopic (exact) mass is 575 g/mol. The third kappa shape index (κ3) is 5.94. The van der Waals surface area contributed by atoms with Crippen molar-refractivity contribution in [3.63, 3.8) is 0 Å². The van der Waals surface area contributed by atoms with Gasteiger partial charge in [0.15, 0.2) is 17.1 Å². The van der Waals surface area contributed by atoms with Crippen LogP contribution in [0, 0.1) is 11.6 Å². The Labute approximate surface area is 218 Å². The zero-order valence-corrected chi connectivity index (χ0v) is 20.1. The maximum absolute atomic E-state index is 14.9. The zero-order valence-electron chi connectivity index (χ0n) is 20.1. The molecule has 0 unspecified atom stereocenters. The molecule has 0 saturated heterocycles. The zero-order chi connectivity index (χ0) is 29.4. The number of rotatable bonds is 8. The fourth-order valence-corrected chi connectivity index (χ4v) is 3.92. The lowest BCUT2D eigenvalue weighted by molar-refractivity contribution is -0.140. The molecule has 0 aliphatic carbocycles. The average molecular weight is 575 g/mol. The summed E-state index contributed by atoms with van der Waals surface area (Å²) in [6.07, 6.45) is -8.89. The first kappa shape index (κ1) is 28.6. The lowest BCUT2D eigenvalue weighted by Crippen LogP contribution is -2.29. The maximum Gasteiger partial charge on any atom is 0.425 e. The highest BCUT2D eigenvalue weighted by molar-refractivity contribution is 5.86. The van der Waals surface area contributed by atoms with Gasteiger partial charge in [-0.3, -0.25) is 9.59 Å². The van der Waals surface area contributed by atoms with Gasteiger partial charge in [-0.1, -0.05) is 0 Å². The van der Waals surface area contributed by atoms with Gasteiger partial charge in [0, 0.05) is 30.4 Å². The van der Waals surface area contributed by atoms with E-state index >= 15 is 0 Å². The minimum Gasteiger partial charge on any atom is -0.488 e. The van der Waals surface area contributed by atoms with Crippen LogP contribution in [-0.2, 0) is 12.7 Å². The lowest BCUT2D eigenvalue weighted by atomic mass is 10.1. The van der Waals surface area contributed by atoms with Gasteiger partial charge < -0.3 is 9.30 Å². The number of nitrogens with zero attached hydrogens (tertiary/aromatic N) is 4. The number of H-pyrrole nitrogens is 1. The van der Waals surface area contributed by atoms with Gasteiger partial charge >= 0.3 is 6.18 Å². The van der Waals surface area contributed by atoms with Gasteiger partial charge in [0.25, 0.3) is 17.5 Å². The summed E-state index contributed by atoms with van der Waals surface area (Å²) >= 11 is 0. The van der Waals surface area contributed by atoms with E-state index in [2.05, 4.69) is 15.1 Å². The summed E-state index contributed by atoms with van der Waals surface area (Å²) in [7, 11) is 0. The minimum atomic E-state index is -5.08. The number of fused-ring (bicyclic) bond motifs is 1. The number of halogens is 8. The number of benzene rings is 1. The molecular weight excluding hydrogens is 558 g/mol.